The molecule has 0 aliphatic carbocycles. The Morgan fingerprint density at radius 2 is 1.91 bits per heavy atom. The highest BCUT2D eigenvalue weighted by molar-refractivity contribution is 6.12. The van der Waals surface area contributed by atoms with Crippen LogP contribution in [-0.2, 0) is 14.3 Å². The lowest BCUT2D eigenvalue weighted by Gasteiger charge is -2.37. The van der Waals surface area contributed by atoms with Gasteiger partial charge < -0.3 is 25.4 Å². The Bertz CT molecular complexity index is 1560. The van der Waals surface area contributed by atoms with Crippen molar-refractivity contribution in [2.24, 2.45) is 10.9 Å². The summed E-state index contributed by atoms with van der Waals surface area (Å²) in [7, 11) is 2.49. The molecule has 0 saturated carbocycles. The van der Waals surface area contributed by atoms with Crippen LogP contribution >= 0.6 is 0 Å². The van der Waals surface area contributed by atoms with Crippen molar-refractivity contribution in [2.45, 2.75) is 31.0 Å². The molecule has 0 spiro atoms. The fourth-order valence-corrected chi connectivity index (χ4v) is 5.87. The minimum atomic E-state index is -1.35. The Hall–Kier alpha value is -4.33. The maximum atomic E-state index is 14.3. The first-order valence-corrected chi connectivity index (χ1v) is 14.3. The summed E-state index contributed by atoms with van der Waals surface area (Å²) in [6.07, 6.45) is 3.47. The van der Waals surface area contributed by atoms with E-state index in [9.17, 15) is 23.2 Å². The first kappa shape index (κ1) is 31.1. The molecule has 4 amide bonds. The molecule has 4 atom stereocenters. The van der Waals surface area contributed by atoms with Crippen LogP contribution in [0, 0.1) is 17.6 Å². The van der Waals surface area contributed by atoms with Gasteiger partial charge in [-0.15, -0.1) is 0 Å². The van der Waals surface area contributed by atoms with Gasteiger partial charge in [0.1, 0.15) is 5.92 Å². The number of aliphatic imine (C=N–C) groups is 1. The summed E-state index contributed by atoms with van der Waals surface area (Å²) >= 11 is 0. The van der Waals surface area contributed by atoms with Crippen LogP contribution in [0.4, 0.5) is 18.4 Å². The maximum Gasteiger partial charge on any atom is 0.352 e. The van der Waals surface area contributed by atoms with E-state index >= 15 is 0 Å². The molecule has 1 aromatic heterocycles. The van der Waals surface area contributed by atoms with E-state index < -0.39 is 41.6 Å². The summed E-state index contributed by atoms with van der Waals surface area (Å²) in [5.74, 6) is -4.42. The van der Waals surface area contributed by atoms with Crippen molar-refractivity contribution in [3.63, 3.8) is 0 Å². The molecule has 5 rings (SSSR count). The number of carbonyl (C=O) groups excluding carboxylic acids is 3. The van der Waals surface area contributed by atoms with Crippen LogP contribution in [0.3, 0.4) is 0 Å². The van der Waals surface area contributed by atoms with Gasteiger partial charge in [-0.25, -0.2) is 23.3 Å². The average molecular weight is 609 g/mol. The van der Waals surface area contributed by atoms with Crippen LogP contribution in [0.5, 0.6) is 0 Å². The van der Waals surface area contributed by atoms with Gasteiger partial charge in [-0.3, -0.25) is 9.78 Å². The first-order valence-electron chi connectivity index (χ1n) is 14.3. The second kappa shape index (κ2) is 14.0. The summed E-state index contributed by atoms with van der Waals surface area (Å²) in [6, 6.07) is 10.1. The molecule has 44 heavy (non-hydrogen) atoms. The van der Waals surface area contributed by atoms with Crippen molar-refractivity contribution in [3.05, 3.63) is 77.6 Å². The highest BCUT2D eigenvalue weighted by Crippen LogP contribution is 2.36. The molecule has 2 aliphatic heterocycles. The summed E-state index contributed by atoms with van der Waals surface area (Å²) in [6.45, 7) is 1.11. The molecule has 2 aliphatic rings. The molecular weight excluding hydrogens is 574 g/mol. The summed E-state index contributed by atoms with van der Waals surface area (Å²) < 4.78 is 38.1. The van der Waals surface area contributed by atoms with Crippen LogP contribution < -0.4 is 16.0 Å². The van der Waals surface area contributed by atoms with Gasteiger partial charge in [0.05, 0.1) is 37.2 Å². The highest BCUT2D eigenvalue weighted by atomic mass is 19.2. The fourth-order valence-electron chi connectivity index (χ4n) is 5.87. The summed E-state index contributed by atoms with van der Waals surface area (Å²) in [4.78, 5) is 48.7. The van der Waals surface area contributed by atoms with Crippen LogP contribution in [0.25, 0.3) is 10.8 Å². The van der Waals surface area contributed by atoms with Crippen LogP contribution in [0.2, 0.25) is 0 Å². The number of amides is 4. The van der Waals surface area contributed by atoms with E-state index in [1.165, 1.54) is 13.2 Å². The van der Waals surface area contributed by atoms with Gasteiger partial charge in [0, 0.05) is 37.8 Å². The molecule has 3 heterocycles. The second-order valence-corrected chi connectivity index (χ2v) is 10.6. The standard InChI is InChI=1S/C31H34F2N6O5/c1-43-17-25-26(29(40)44-2)28(19-7-8-22(32)23(33)15-19)39(31(42)38-25)30(41)37-14-13-34-20-10-12-35-24(16-20)27-21-6-4-3-5-18(21)9-11-36-27/h3-9,11,15,20,24,26,28,34-35H,10,12-14,16-17H2,1-2H3,(H,37,41)/t20?,24?,26?,28-/m0/s1. The Morgan fingerprint density at radius 3 is 2.68 bits per heavy atom. The van der Waals surface area contributed by atoms with Gasteiger partial charge in [-0.2, -0.15) is 4.99 Å². The molecular formula is C31H34F2N6O5. The topological polar surface area (TPSA) is 134 Å². The smallest absolute Gasteiger partial charge is 0.352 e. The molecule has 13 heteroatoms. The molecule has 232 valence electrons. The number of aromatic nitrogens is 1. The minimum Gasteiger partial charge on any atom is -0.468 e. The van der Waals surface area contributed by atoms with Crippen molar-refractivity contribution in [3.8, 4) is 0 Å². The molecule has 1 fully saturated rings. The number of pyridine rings is 1. The van der Waals surface area contributed by atoms with E-state index in [4.69, 9.17) is 9.47 Å². The van der Waals surface area contributed by atoms with Gasteiger partial charge in [0.15, 0.2) is 11.6 Å². The SMILES string of the molecule is COCC1=NC(=O)N(C(=O)NCCNC2CCNC(c3nccc4ccccc34)C2)[C@@H](c2ccc(F)c(F)c2)C1C(=O)OC. The predicted molar refractivity (Wildman–Crippen MR) is 158 cm³/mol. The van der Waals surface area contributed by atoms with Crippen molar-refractivity contribution >= 4 is 34.5 Å². The molecule has 1 saturated heterocycles. The number of benzene rings is 2. The first-order chi connectivity index (χ1) is 21.3. The number of urea groups is 2. The molecule has 0 bridgehead atoms. The Kier molecular flexibility index (Phi) is 9.88. The number of methoxy groups -OCH3 is 2. The quantitative estimate of drug-likeness (QED) is 0.248. The third-order valence-corrected chi connectivity index (χ3v) is 7.92. The number of ether oxygens (including phenoxy) is 2. The molecule has 11 nitrogen and oxygen atoms in total. The number of halogens is 2. The number of imide groups is 1. The van der Waals surface area contributed by atoms with E-state index in [1.54, 1.807) is 0 Å². The zero-order valence-corrected chi connectivity index (χ0v) is 24.4. The van der Waals surface area contributed by atoms with Crippen LogP contribution in [-0.4, -0.2) is 80.1 Å². The number of hydrogen-bond donors (Lipinski definition) is 3. The van der Waals surface area contributed by atoms with Gasteiger partial charge in [-0.1, -0.05) is 30.3 Å². The molecule has 3 N–H and O–H groups in total. The number of fused-ring (bicyclic) bond motifs is 1. The van der Waals surface area contributed by atoms with E-state index in [1.807, 2.05) is 24.4 Å². The van der Waals surface area contributed by atoms with Crippen molar-refractivity contribution < 1.29 is 32.6 Å². The summed E-state index contributed by atoms with van der Waals surface area (Å²) in [5.41, 5.74) is 1.02. The zero-order valence-electron chi connectivity index (χ0n) is 24.4. The number of hydrogen-bond acceptors (Lipinski definition) is 8. The number of nitrogens with one attached hydrogen (secondary N) is 3. The van der Waals surface area contributed by atoms with Gasteiger partial charge >= 0.3 is 18.0 Å². The van der Waals surface area contributed by atoms with Crippen molar-refractivity contribution in [1.29, 1.82) is 0 Å². The van der Waals surface area contributed by atoms with E-state index in [2.05, 4.69) is 38.1 Å². The fraction of sp³-hybridized carbons (Fsp3) is 0.387. The minimum absolute atomic E-state index is 0.00551. The average Bonchev–Trinajstić information content (AvgIpc) is 3.03. The number of piperidine rings is 1. The molecule has 0 radical (unpaired) electrons. The van der Waals surface area contributed by atoms with Crippen LogP contribution in [0.1, 0.15) is 36.2 Å². The normalized spacial score (nSPS) is 22.0. The van der Waals surface area contributed by atoms with Gasteiger partial charge in [0.25, 0.3) is 0 Å². The van der Waals surface area contributed by atoms with Gasteiger partial charge in [-0.05, 0) is 48.5 Å². The van der Waals surface area contributed by atoms with E-state index in [0.717, 1.165) is 60.0 Å². The Balaban J connectivity index is 1.27. The number of rotatable bonds is 9. The predicted octanol–water partition coefficient (Wildman–Crippen LogP) is 3.66. The third kappa shape index (κ3) is 6.59. The Morgan fingerprint density at radius 1 is 1.09 bits per heavy atom. The van der Waals surface area contributed by atoms with Crippen LogP contribution in [0.15, 0.2) is 59.7 Å². The lowest BCUT2D eigenvalue weighted by molar-refractivity contribution is -0.144. The van der Waals surface area contributed by atoms with E-state index in [0.29, 0.717) is 6.54 Å². The zero-order chi connectivity index (χ0) is 31.2. The molecule has 3 unspecified atom stereocenters. The van der Waals surface area contributed by atoms with Crippen molar-refractivity contribution in [2.75, 3.05) is 40.5 Å². The van der Waals surface area contributed by atoms with Gasteiger partial charge in [0.2, 0.25) is 0 Å². The molecule has 3 aromatic rings. The summed E-state index contributed by atoms with van der Waals surface area (Å²) in [5, 5.41) is 11.9. The van der Waals surface area contributed by atoms with E-state index in [-0.39, 0.29) is 36.5 Å². The largest absolute Gasteiger partial charge is 0.468 e. The number of nitrogens with zero attached hydrogens (tertiary/aromatic N) is 3. The lowest BCUT2D eigenvalue weighted by atomic mass is 9.86. The Labute approximate surface area is 253 Å². The number of carbonyl (C=O) groups is 3. The van der Waals surface area contributed by atoms with Crippen molar-refractivity contribution in [1.82, 2.24) is 25.8 Å². The maximum absolute atomic E-state index is 14.3. The monoisotopic (exact) mass is 608 g/mol. The lowest BCUT2D eigenvalue weighted by Crippen LogP contribution is -2.54. The number of esters is 1. The second-order valence-electron chi connectivity index (χ2n) is 10.6. The third-order valence-electron chi connectivity index (χ3n) is 7.92. The highest BCUT2D eigenvalue weighted by Gasteiger charge is 2.47. The molecule has 2 aromatic carbocycles.